The molecule has 0 heterocycles. The van der Waals surface area contributed by atoms with Gasteiger partial charge >= 0.3 is 0 Å². The molecule has 220 valence electrons. The normalized spacial score (nSPS) is 28.6. The zero-order chi connectivity index (χ0) is 27.9. The quantitative estimate of drug-likeness (QED) is 0.258. The third-order valence-electron chi connectivity index (χ3n) is 10.5. The number of ether oxygens (including phenoxy) is 2. The van der Waals surface area contributed by atoms with Gasteiger partial charge in [0, 0.05) is 0 Å². The van der Waals surface area contributed by atoms with Crippen molar-refractivity contribution in [3.63, 3.8) is 0 Å². The van der Waals surface area contributed by atoms with Gasteiger partial charge in [-0.3, -0.25) is 0 Å². The van der Waals surface area contributed by atoms with Crippen molar-refractivity contribution in [3.05, 3.63) is 59.2 Å². The molecule has 2 aromatic carbocycles. The van der Waals surface area contributed by atoms with Gasteiger partial charge in [-0.1, -0.05) is 44.0 Å². The summed E-state index contributed by atoms with van der Waals surface area (Å²) in [6.07, 6.45) is 18.3. The summed E-state index contributed by atoms with van der Waals surface area (Å²) < 4.78 is 39.6. The number of benzene rings is 2. The van der Waals surface area contributed by atoms with E-state index in [1.165, 1.54) is 101 Å². The molecule has 0 saturated heterocycles. The monoisotopic (exact) mass is 552 g/mol. The first kappa shape index (κ1) is 29.4. The average Bonchev–Trinajstić information content (AvgIpc) is 2.99. The van der Waals surface area contributed by atoms with Crippen LogP contribution in [0.25, 0.3) is 0 Å². The molecule has 0 amide bonds. The minimum atomic E-state index is -0.953. The van der Waals surface area contributed by atoms with Crippen LogP contribution in [0.5, 0.6) is 11.5 Å². The highest BCUT2D eigenvalue weighted by Crippen LogP contribution is 2.50. The molecule has 5 rings (SSSR count). The Kier molecular flexibility index (Phi) is 10.4. The number of aryl methyl sites for hydroxylation is 1. The predicted octanol–water partition coefficient (Wildman–Crippen LogP) is 10.3. The van der Waals surface area contributed by atoms with E-state index in [1.54, 1.807) is 12.5 Å². The van der Waals surface area contributed by atoms with Gasteiger partial charge in [0.1, 0.15) is 0 Å². The molecule has 4 atom stereocenters. The van der Waals surface area contributed by atoms with Crippen molar-refractivity contribution in [2.75, 3.05) is 13.2 Å². The van der Waals surface area contributed by atoms with Crippen molar-refractivity contribution in [2.24, 2.45) is 29.6 Å². The topological polar surface area (TPSA) is 18.5 Å². The summed E-state index contributed by atoms with van der Waals surface area (Å²) in [5.41, 5.74) is 3.07. The lowest BCUT2D eigenvalue weighted by atomic mass is 9.61. The molecule has 3 aliphatic carbocycles. The second-order valence-electron chi connectivity index (χ2n) is 13.0. The Labute approximate surface area is 241 Å². The standard InChI is InChI=1S/C36H50F2O2/c1-3-5-6-7-25-8-11-27(12-9-25)28-14-16-29(17-15-28)31-19-18-30-22-26(10-13-32(30)23-31)24-40-34-21-20-33(39-4-2)35(37)36(34)38/h8-9,11-12,20-21,26,28-32H,3-7,10,13-19,22-24H2,1-2H3. The van der Waals surface area contributed by atoms with Crippen LogP contribution in [-0.4, -0.2) is 13.2 Å². The fourth-order valence-corrected chi connectivity index (χ4v) is 8.16. The first-order chi connectivity index (χ1) is 19.6. The number of hydrogen-bond donors (Lipinski definition) is 0. The van der Waals surface area contributed by atoms with E-state index in [-0.39, 0.29) is 11.5 Å². The van der Waals surface area contributed by atoms with E-state index in [4.69, 9.17) is 9.47 Å². The maximum absolute atomic E-state index is 14.4. The first-order valence-corrected chi connectivity index (χ1v) is 16.4. The van der Waals surface area contributed by atoms with Crippen LogP contribution in [0.2, 0.25) is 0 Å². The van der Waals surface area contributed by atoms with Gasteiger partial charge in [-0.05, 0) is 143 Å². The smallest absolute Gasteiger partial charge is 0.204 e. The zero-order valence-electron chi connectivity index (χ0n) is 24.8. The van der Waals surface area contributed by atoms with Crippen molar-refractivity contribution in [1.82, 2.24) is 0 Å². The maximum Gasteiger partial charge on any atom is 0.204 e. The molecule has 0 aliphatic heterocycles. The summed E-state index contributed by atoms with van der Waals surface area (Å²) in [4.78, 5) is 0. The lowest BCUT2D eigenvalue weighted by Gasteiger charge is -2.45. The van der Waals surface area contributed by atoms with E-state index in [0.29, 0.717) is 19.1 Å². The molecule has 4 unspecified atom stereocenters. The highest BCUT2D eigenvalue weighted by atomic mass is 19.2. The van der Waals surface area contributed by atoms with Crippen LogP contribution >= 0.6 is 0 Å². The lowest BCUT2D eigenvalue weighted by Crippen LogP contribution is -2.35. The molecule has 0 radical (unpaired) electrons. The summed E-state index contributed by atoms with van der Waals surface area (Å²) in [7, 11) is 0. The molecule has 0 bridgehead atoms. The lowest BCUT2D eigenvalue weighted by molar-refractivity contribution is 0.0508. The molecular formula is C36H50F2O2. The molecule has 3 saturated carbocycles. The molecule has 40 heavy (non-hydrogen) atoms. The Morgan fingerprint density at radius 3 is 1.93 bits per heavy atom. The van der Waals surface area contributed by atoms with Crippen molar-refractivity contribution in [3.8, 4) is 11.5 Å². The fraction of sp³-hybridized carbons (Fsp3) is 0.667. The first-order valence-electron chi connectivity index (χ1n) is 16.4. The van der Waals surface area contributed by atoms with E-state index >= 15 is 0 Å². The number of halogens is 2. The van der Waals surface area contributed by atoms with E-state index < -0.39 is 11.6 Å². The predicted molar refractivity (Wildman–Crippen MR) is 159 cm³/mol. The van der Waals surface area contributed by atoms with Gasteiger partial charge in [0.25, 0.3) is 0 Å². The highest BCUT2D eigenvalue weighted by Gasteiger charge is 2.39. The van der Waals surface area contributed by atoms with Gasteiger partial charge < -0.3 is 9.47 Å². The van der Waals surface area contributed by atoms with Crippen molar-refractivity contribution >= 4 is 0 Å². The third kappa shape index (κ3) is 7.21. The highest BCUT2D eigenvalue weighted by molar-refractivity contribution is 5.35. The molecule has 0 aromatic heterocycles. The van der Waals surface area contributed by atoms with Crippen molar-refractivity contribution in [2.45, 2.75) is 110 Å². The van der Waals surface area contributed by atoms with Crippen LogP contribution in [0.1, 0.15) is 114 Å². The van der Waals surface area contributed by atoms with E-state index in [0.717, 1.165) is 36.0 Å². The second-order valence-corrected chi connectivity index (χ2v) is 13.0. The maximum atomic E-state index is 14.4. The van der Waals surface area contributed by atoms with Crippen LogP contribution in [-0.2, 0) is 6.42 Å². The Bertz CT molecular complexity index is 1060. The number of unbranched alkanes of at least 4 members (excludes halogenated alkanes) is 2. The Balaban J connectivity index is 1.05. The van der Waals surface area contributed by atoms with Gasteiger partial charge in [0.15, 0.2) is 11.5 Å². The average molecular weight is 553 g/mol. The largest absolute Gasteiger partial charge is 0.491 e. The number of rotatable bonds is 11. The number of fused-ring (bicyclic) bond motifs is 1. The molecule has 3 fully saturated rings. The summed E-state index contributed by atoms with van der Waals surface area (Å²) in [6.45, 7) is 4.80. The third-order valence-corrected chi connectivity index (χ3v) is 10.5. The van der Waals surface area contributed by atoms with Gasteiger partial charge in [-0.15, -0.1) is 0 Å². The summed E-state index contributed by atoms with van der Waals surface area (Å²) in [6, 6.07) is 12.6. The molecule has 0 spiro atoms. The molecule has 2 aromatic rings. The molecular weight excluding hydrogens is 502 g/mol. The van der Waals surface area contributed by atoms with Gasteiger partial charge in [-0.25, -0.2) is 0 Å². The second kappa shape index (κ2) is 14.2. The van der Waals surface area contributed by atoms with Crippen molar-refractivity contribution < 1.29 is 18.3 Å². The Morgan fingerprint density at radius 1 is 0.650 bits per heavy atom. The zero-order valence-corrected chi connectivity index (χ0v) is 24.8. The summed E-state index contributed by atoms with van der Waals surface area (Å²) >= 11 is 0. The van der Waals surface area contributed by atoms with E-state index in [9.17, 15) is 8.78 Å². The Morgan fingerprint density at radius 2 is 1.25 bits per heavy atom. The molecule has 4 heteroatoms. The van der Waals surface area contributed by atoms with Gasteiger partial charge in [0.05, 0.1) is 13.2 Å². The molecule has 0 N–H and O–H groups in total. The van der Waals surface area contributed by atoms with Gasteiger partial charge in [-0.2, -0.15) is 8.78 Å². The van der Waals surface area contributed by atoms with Gasteiger partial charge in [0.2, 0.25) is 11.6 Å². The fourth-order valence-electron chi connectivity index (χ4n) is 8.16. The minimum absolute atomic E-state index is 0.00491. The summed E-state index contributed by atoms with van der Waals surface area (Å²) in [5, 5.41) is 0. The van der Waals surface area contributed by atoms with E-state index in [2.05, 4.69) is 31.2 Å². The minimum Gasteiger partial charge on any atom is -0.491 e. The number of hydrogen-bond acceptors (Lipinski definition) is 2. The van der Waals surface area contributed by atoms with E-state index in [1.807, 2.05) is 0 Å². The van der Waals surface area contributed by atoms with Crippen molar-refractivity contribution in [1.29, 1.82) is 0 Å². The Hall–Kier alpha value is -2.10. The van der Waals surface area contributed by atoms with Crippen LogP contribution in [0.3, 0.4) is 0 Å². The van der Waals surface area contributed by atoms with Crippen LogP contribution in [0, 0.1) is 41.2 Å². The molecule has 3 aliphatic rings. The molecule has 2 nitrogen and oxygen atoms in total. The van der Waals surface area contributed by atoms with Crippen LogP contribution in [0.15, 0.2) is 36.4 Å². The van der Waals surface area contributed by atoms with Crippen LogP contribution < -0.4 is 9.47 Å². The van der Waals surface area contributed by atoms with Crippen LogP contribution in [0.4, 0.5) is 8.78 Å². The SMILES string of the molecule is CCCCCc1ccc(C2CCC(C3CCC4CC(COc5ccc(OCC)c(F)c5F)CCC4C3)CC2)cc1. The summed E-state index contributed by atoms with van der Waals surface area (Å²) in [5.74, 6) is 2.67.